The number of nitrogens with zero attached hydrogens (tertiary/aromatic N) is 3. The Morgan fingerprint density at radius 1 is 1.12 bits per heavy atom. The second-order valence-corrected chi connectivity index (χ2v) is 7.80. The lowest BCUT2D eigenvalue weighted by Gasteiger charge is -2.26. The number of carbonyl (C=O) groups excluding carboxylic acids is 1. The van der Waals surface area contributed by atoms with E-state index in [2.05, 4.69) is 20.8 Å². The van der Waals surface area contributed by atoms with Gasteiger partial charge >= 0.3 is 0 Å². The van der Waals surface area contributed by atoms with Gasteiger partial charge in [0.05, 0.1) is 12.2 Å². The summed E-state index contributed by atoms with van der Waals surface area (Å²) in [4.78, 5) is 14.9. The van der Waals surface area contributed by atoms with Gasteiger partial charge in [-0.05, 0) is 43.0 Å². The summed E-state index contributed by atoms with van der Waals surface area (Å²) in [5, 5.41) is 4.69. The maximum atomic E-state index is 13.2. The lowest BCUT2D eigenvalue weighted by molar-refractivity contribution is 0.0712. The van der Waals surface area contributed by atoms with Gasteiger partial charge in [-0.3, -0.25) is 9.48 Å². The van der Waals surface area contributed by atoms with Crippen LogP contribution in [-0.4, -0.2) is 33.7 Å². The number of carbonyl (C=O) groups is 1. The van der Waals surface area contributed by atoms with E-state index in [0.29, 0.717) is 12.2 Å². The number of hydrogen-bond acceptors (Lipinski definition) is 2. The van der Waals surface area contributed by atoms with Crippen molar-refractivity contribution < 1.29 is 9.18 Å². The van der Waals surface area contributed by atoms with Crippen LogP contribution >= 0.6 is 0 Å². The predicted molar refractivity (Wildman–Crippen MR) is 96.2 cm³/mol. The van der Waals surface area contributed by atoms with E-state index >= 15 is 0 Å². The van der Waals surface area contributed by atoms with E-state index in [9.17, 15) is 9.18 Å². The normalized spacial score (nSPS) is 15.4. The molecule has 1 aliphatic heterocycles. The molecule has 0 saturated carbocycles. The number of benzene rings is 1. The molecular formula is C20H26FN3O. The fourth-order valence-electron chi connectivity index (χ4n) is 3.10. The summed E-state index contributed by atoms with van der Waals surface area (Å²) >= 11 is 0. The molecule has 0 atom stereocenters. The topological polar surface area (TPSA) is 38.1 Å². The van der Waals surface area contributed by atoms with Crippen LogP contribution in [0.5, 0.6) is 0 Å². The Bertz CT molecular complexity index is 737. The zero-order valence-corrected chi connectivity index (χ0v) is 15.3. The third-order valence-electron chi connectivity index (χ3n) is 4.66. The molecule has 0 radical (unpaired) electrons. The second-order valence-electron chi connectivity index (χ2n) is 7.80. The van der Waals surface area contributed by atoms with Crippen molar-refractivity contribution in [3.63, 3.8) is 0 Å². The maximum Gasteiger partial charge on any atom is 0.272 e. The SMILES string of the molecule is CC(C)(C)c1cc(C(=O)N2CCCCC2)n(Cc2ccc(F)cc2)n1. The molecule has 134 valence electrons. The summed E-state index contributed by atoms with van der Waals surface area (Å²) in [6.45, 7) is 8.36. The first kappa shape index (κ1) is 17.6. The first-order chi connectivity index (χ1) is 11.8. The fourth-order valence-corrected chi connectivity index (χ4v) is 3.10. The van der Waals surface area contributed by atoms with Crippen LogP contribution in [0.15, 0.2) is 30.3 Å². The Kier molecular flexibility index (Phi) is 4.93. The lowest BCUT2D eigenvalue weighted by atomic mass is 9.92. The van der Waals surface area contributed by atoms with Crippen LogP contribution in [0.4, 0.5) is 4.39 Å². The van der Waals surface area contributed by atoms with E-state index in [4.69, 9.17) is 5.10 Å². The highest BCUT2D eigenvalue weighted by Gasteiger charge is 2.26. The fraction of sp³-hybridized carbons (Fsp3) is 0.500. The number of halogens is 1. The summed E-state index contributed by atoms with van der Waals surface area (Å²) in [7, 11) is 0. The molecule has 1 aromatic heterocycles. The van der Waals surface area contributed by atoms with Gasteiger partial charge in [-0.15, -0.1) is 0 Å². The van der Waals surface area contributed by atoms with Crippen LogP contribution in [0.2, 0.25) is 0 Å². The molecule has 1 amide bonds. The maximum absolute atomic E-state index is 13.2. The molecule has 1 saturated heterocycles. The smallest absolute Gasteiger partial charge is 0.272 e. The van der Waals surface area contributed by atoms with E-state index in [-0.39, 0.29) is 17.1 Å². The molecule has 1 fully saturated rings. The first-order valence-electron chi connectivity index (χ1n) is 8.96. The van der Waals surface area contributed by atoms with E-state index in [1.807, 2.05) is 11.0 Å². The molecule has 1 aromatic carbocycles. The number of rotatable bonds is 3. The van der Waals surface area contributed by atoms with Crippen molar-refractivity contribution >= 4 is 5.91 Å². The average molecular weight is 343 g/mol. The minimum absolute atomic E-state index is 0.0461. The highest BCUT2D eigenvalue weighted by Crippen LogP contribution is 2.24. The highest BCUT2D eigenvalue weighted by atomic mass is 19.1. The molecule has 0 aliphatic carbocycles. The van der Waals surface area contributed by atoms with Crippen LogP contribution in [0, 0.1) is 5.82 Å². The third kappa shape index (κ3) is 4.09. The van der Waals surface area contributed by atoms with Gasteiger partial charge in [-0.25, -0.2) is 4.39 Å². The average Bonchev–Trinajstić information content (AvgIpc) is 3.01. The largest absolute Gasteiger partial charge is 0.337 e. The standard InChI is InChI=1S/C20H26FN3O/c1-20(2,3)18-13-17(19(25)23-11-5-4-6-12-23)24(22-18)14-15-7-9-16(21)10-8-15/h7-10,13H,4-6,11-12,14H2,1-3H3. The molecule has 0 bridgehead atoms. The van der Waals surface area contributed by atoms with Crippen molar-refractivity contribution in [1.82, 2.24) is 14.7 Å². The number of piperidine rings is 1. The van der Waals surface area contributed by atoms with Gasteiger partial charge < -0.3 is 4.90 Å². The van der Waals surface area contributed by atoms with Gasteiger partial charge in [0, 0.05) is 18.5 Å². The minimum atomic E-state index is -0.260. The monoisotopic (exact) mass is 343 g/mol. The van der Waals surface area contributed by atoms with Crippen molar-refractivity contribution in [1.29, 1.82) is 0 Å². The molecule has 0 N–H and O–H groups in total. The summed E-state index contributed by atoms with van der Waals surface area (Å²) in [6.07, 6.45) is 3.31. The molecular weight excluding hydrogens is 317 g/mol. The van der Waals surface area contributed by atoms with Crippen LogP contribution in [0.3, 0.4) is 0 Å². The Hall–Kier alpha value is -2.17. The summed E-state index contributed by atoms with van der Waals surface area (Å²) in [5.41, 5.74) is 2.31. The first-order valence-corrected chi connectivity index (χ1v) is 8.96. The quantitative estimate of drug-likeness (QED) is 0.845. The number of hydrogen-bond donors (Lipinski definition) is 0. The zero-order valence-electron chi connectivity index (χ0n) is 15.3. The van der Waals surface area contributed by atoms with Crippen LogP contribution in [-0.2, 0) is 12.0 Å². The van der Waals surface area contributed by atoms with Crippen LogP contribution in [0.25, 0.3) is 0 Å². The molecule has 5 heteroatoms. The number of likely N-dealkylation sites (tertiary alicyclic amines) is 1. The molecule has 25 heavy (non-hydrogen) atoms. The van der Waals surface area contributed by atoms with Crippen LogP contribution in [0.1, 0.15) is 61.8 Å². The lowest BCUT2D eigenvalue weighted by Crippen LogP contribution is -2.36. The van der Waals surface area contributed by atoms with Crippen LogP contribution < -0.4 is 0 Å². The Morgan fingerprint density at radius 2 is 1.76 bits per heavy atom. The number of amides is 1. The summed E-state index contributed by atoms with van der Waals surface area (Å²) in [6, 6.07) is 8.28. The van der Waals surface area contributed by atoms with Gasteiger partial charge in [-0.2, -0.15) is 5.10 Å². The highest BCUT2D eigenvalue weighted by molar-refractivity contribution is 5.92. The van der Waals surface area contributed by atoms with Gasteiger partial charge in [0.15, 0.2) is 0 Å². The van der Waals surface area contributed by atoms with E-state index < -0.39 is 0 Å². The van der Waals surface area contributed by atoms with Gasteiger partial charge in [0.2, 0.25) is 0 Å². The van der Waals surface area contributed by atoms with E-state index in [0.717, 1.165) is 37.2 Å². The van der Waals surface area contributed by atoms with E-state index in [1.54, 1.807) is 16.8 Å². The Balaban J connectivity index is 1.92. The third-order valence-corrected chi connectivity index (χ3v) is 4.66. The molecule has 2 heterocycles. The Morgan fingerprint density at radius 3 is 2.36 bits per heavy atom. The van der Waals surface area contributed by atoms with Crippen molar-refractivity contribution in [3.05, 3.63) is 53.1 Å². The summed E-state index contributed by atoms with van der Waals surface area (Å²) < 4.78 is 14.9. The molecule has 4 nitrogen and oxygen atoms in total. The van der Waals surface area contributed by atoms with E-state index in [1.165, 1.54) is 18.6 Å². The predicted octanol–water partition coefficient (Wildman–Crippen LogP) is 3.99. The molecule has 3 rings (SSSR count). The summed E-state index contributed by atoms with van der Waals surface area (Å²) in [5.74, 6) is -0.214. The second kappa shape index (κ2) is 6.98. The molecule has 2 aromatic rings. The number of aromatic nitrogens is 2. The Labute approximate surface area is 148 Å². The molecule has 1 aliphatic rings. The van der Waals surface area contributed by atoms with Gasteiger partial charge in [0.1, 0.15) is 11.5 Å². The van der Waals surface area contributed by atoms with Crippen molar-refractivity contribution in [3.8, 4) is 0 Å². The molecule has 0 spiro atoms. The zero-order chi connectivity index (χ0) is 18.0. The van der Waals surface area contributed by atoms with Gasteiger partial charge in [0.25, 0.3) is 5.91 Å². The minimum Gasteiger partial charge on any atom is -0.337 e. The van der Waals surface area contributed by atoms with Gasteiger partial charge in [-0.1, -0.05) is 32.9 Å². The van der Waals surface area contributed by atoms with Crippen molar-refractivity contribution in [2.45, 2.75) is 52.0 Å². The van der Waals surface area contributed by atoms with Crippen molar-refractivity contribution in [2.24, 2.45) is 0 Å². The molecule has 0 unspecified atom stereocenters. The van der Waals surface area contributed by atoms with Crippen molar-refractivity contribution in [2.75, 3.05) is 13.1 Å².